The number of carbonyl (C=O) groups excluding carboxylic acids is 2. The average Bonchev–Trinajstić information content (AvgIpc) is 3.31. The van der Waals surface area contributed by atoms with Gasteiger partial charge in [-0.2, -0.15) is 0 Å². The fourth-order valence-electron chi connectivity index (χ4n) is 6.45. The maximum Gasteiger partial charge on any atom is 0.237 e. The second kappa shape index (κ2) is 16.3. The molecular weight excluding hydrogens is 657 g/mol. The van der Waals surface area contributed by atoms with Crippen molar-refractivity contribution in [2.45, 2.75) is 70.4 Å². The third kappa shape index (κ3) is 9.28. The molecule has 2 saturated heterocycles. The molecule has 3 aliphatic heterocycles. The molecule has 47 heavy (non-hydrogen) atoms. The molecule has 6 rings (SSSR count). The van der Waals surface area contributed by atoms with Crippen LogP contribution in [0.4, 0.5) is 5.69 Å². The van der Waals surface area contributed by atoms with Crippen LogP contribution in [0.3, 0.4) is 0 Å². The molecule has 0 radical (unpaired) electrons. The molecule has 11 heteroatoms. The topological polar surface area (TPSA) is 105 Å². The predicted molar refractivity (Wildman–Crippen MR) is 190 cm³/mol. The summed E-state index contributed by atoms with van der Waals surface area (Å²) in [4.78, 5) is 28.6. The lowest BCUT2D eigenvalue weighted by Gasteiger charge is -2.41. The van der Waals surface area contributed by atoms with Crippen molar-refractivity contribution < 1.29 is 22.7 Å². The Hall–Kier alpha value is -3.11. The van der Waals surface area contributed by atoms with E-state index in [1.54, 1.807) is 12.1 Å². The molecule has 1 spiro atoms. The second-order valence-electron chi connectivity index (χ2n) is 12.1. The van der Waals surface area contributed by atoms with Gasteiger partial charge in [0.2, 0.25) is 11.8 Å². The third-order valence-corrected chi connectivity index (χ3v) is 10.2. The van der Waals surface area contributed by atoms with E-state index in [-0.39, 0.29) is 30.1 Å². The van der Waals surface area contributed by atoms with Crippen LogP contribution < -0.4 is 15.4 Å². The Morgan fingerprint density at radius 3 is 2.30 bits per heavy atom. The van der Waals surface area contributed by atoms with E-state index in [0.29, 0.717) is 29.3 Å². The van der Waals surface area contributed by atoms with Crippen molar-refractivity contribution in [1.82, 2.24) is 10.2 Å². The molecule has 3 aromatic rings. The Bertz CT molecular complexity index is 1650. The zero-order valence-corrected chi connectivity index (χ0v) is 29.9. The van der Waals surface area contributed by atoms with Crippen LogP contribution in [0.1, 0.15) is 68.7 Å². The van der Waals surface area contributed by atoms with Crippen molar-refractivity contribution in [3.05, 3.63) is 93.5 Å². The van der Waals surface area contributed by atoms with Gasteiger partial charge in [-0.3, -0.25) is 9.59 Å². The fraction of sp³-hybridized carbons (Fsp3) is 0.444. The van der Waals surface area contributed by atoms with E-state index in [1.165, 1.54) is 6.26 Å². The van der Waals surface area contributed by atoms with Crippen LogP contribution in [-0.2, 0) is 24.8 Å². The van der Waals surface area contributed by atoms with Crippen molar-refractivity contribution >= 4 is 50.5 Å². The molecule has 0 saturated carbocycles. The van der Waals surface area contributed by atoms with Crippen LogP contribution in [0.25, 0.3) is 0 Å². The third-order valence-electron chi connectivity index (χ3n) is 8.69. The Balaban J connectivity index is 0.000000486. The molecule has 8 nitrogen and oxygen atoms in total. The van der Waals surface area contributed by atoms with Crippen molar-refractivity contribution in [2.75, 3.05) is 37.0 Å². The number of sulfone groups is 1. The summed E-state index contributed by atoms with van der Waals surface area (Å²) in [6, 6.07) is 20.2. The summed E-state index contributed by atoms with van der Waals surface area (Å²) in [5.41, 5.74) is 2.38. The molecule has 0 aliphatic carbocycles. The Morgan fingerprint density at radius 2 is 1.66 bits per heavy atom. The molecule has 3 aliphatic rings. The summed E-state index contributed by atoms with van der Waals surface area (Å²) in [5, 5.41) is 7.46. The summed E-state index contributed by atoms with van der Waals surface area (Å²) >= 11 is 11.8. The highest BCUT2D eigenvalue weighted by Gasteiger charge is 2.56. The van der Waals surface area contributed by atoms with Gasteiger partial charge in [-0.1, -0.05) is 79.0 Å². The molecule has 254 valence electrons. The number of hydrogen-bond donors (Lipinski definition) is 2. The van der Waals surface area contributed by atoms with Gasteiger partial charge >= 0.3 is 0 Å². The summed E-state index contributed by atoms with van der Waals surface area (Å²) in [6.07, 6.45) is 4.17. The molecule has 2 atom stereocenters. The number of rotatable bonds is 7. The Labute approximate surface area is 289 Å². The zero-order chi connectivity index (χ0) is 34.2. The maximum absolute atomic E-state index is 13.6. The normalized spacial score (nSPS) is 21.0. The number of anilines is 1. The standard InChI is InChI=1S/C28H34ClN3O5S.C6H5Cl.C2H6/c1-18-4-7-24(37-20-9-13-32(14-10-20)12-3-15-38(2,35)36)21(16-18)26-28(11-8-25(33)31-26)22-6-5-19(29)17-23(22)30-27(28)34;7-6-4-2-1-3-5-6;1-2/h4-7,16-17,20,26H,3,8-15H2,1-2H3,(H,30,34)(H,31,33);1-5H;1-2H3/t26-,28-;;/m1../s1. The highest BCUT2D eigenvalue weighted by atomic mass is 35.5. The second-order valence-corrected chi connectivity index (χ2v) is 15.2. The average molecular weight is 703 g/mol. The van der Waals surface area contributed by atoms with Gasteiger partial charge in [-0.25, -0.2) is 8.42 Å². The molecule has 0 bridgehead atoms. The van der Waals surface area contributed by atoms with E-state index in [1.807, 2.05) is 75.4 Å². The molecule has 3 heterocycles. The van der Waals surface area contributed by atoms with Crippen LogP contribution in [0.2, 0.25) is 10.0 Å². The smallest absolute Gasteiger partial charge is 0.237 e. The predicted octanol–water partition coefficient (Wildman–Crippen LogP) is 7.13. The minimum Gasteiger partial charge on any atom is -0.490 e. The maximum atomic E-state index is 13.6. The van der Waals surface area contributed by atoms with E-state index in [0.717, 1.165) is 54.2 Å². The number of fused-ring (bicyclic) bond motifs is 2. The molecule has 2 N–H and O–H groups in total. The van der Waals surface area contributed by atoms with E-state index in [2.05, 4.69) is 15.5 Å². The SMILES string of the molecule is CC.Cc1ccc(OC2CCN(CCCS(C)(=O)=O)CC2)c([C@H]2NC(=O)CC[C@]23C(=O)Nc2cc(Cl)ccc23)c1.Clc1ccccc1. The lowest BCUT2D eigenvalue weighted by molar-refractivity contribution is -0.130. The highest BCUT2D eigenvalue weighted by Crippen LogP contribution is 2.52. The van der Waals surface area contributed by atoms with E-state index >= 15 is 0 Å². The Morgan fingerprint density at radius 1 is 0.957 bits per heavy atom. The molecular formula is C36H45Cl2N3O5S. The summed E-state index contributed by atoms with van der Waals surface area (Å²) in [7, 11) is -2.95. The number of amides is 2. The van der Waals surface area contributed by atoms with E-state index in [4.69, 9.17) is 27.9 Å². The quantitative estimate of drug-likeness (QED) is 0.272. The minimum absolute atomic E-state index is 0.0126. The van der Waals surface area contributed by atoms with Gasteiger partial charge in [0, 0.05) is 47.1 Å². The first-order valence-electron chi connectivity index (χ1n) is 16.2. The molecule has 0 unspecified atom stereocenters. The zero-order valence-electron chi connectivity index (χ0n) is 27.5. The first-order chi connectivity index (χ1) is 22.4. The van der Waals surface area contributed by atoms with Crippen LogP contribution in [0, 0.1) is 6.92 Å². The number of halogens is 2. The number of nitrogens with one attached hydrogen (secondary N) is 2. The van der Waals surface area contributed by atoms with Gasteiger partial charge in [-0.05, 0) is 75.0 Å². The molecule has 2 amide bonds. The molecule has 3 aromatic carbocycles. The number of nitrogens with zero attached hydrogens (tertiary/aromatic N) is 1. The number of carbonyl (C=O) groups is 2. The summed E-state index contributed by atoms with van der Waals surface area (Å²) < 4.78 is 29.4. The first-order valence-corrected chi connectivity index (χ1v) is 19.0. The van der Waals surface area contributed by atoms with Gasteiger partial charge < -0.3 is 20.3 Å². The van der Waals surface area contributed by atoms with Crippen LogP contribution >= 0.6 is 23.2 Å². The van der Waals surface area contributed by atoms with Gasteiger partial charge in [0.1, 0.15) is 27.1 Å². The van der Waals surface area contributed by atoms with Gasteiger partial charge in [0.25, 0.3) is 0 Å². The summed E-state index contributed by atoms with van der Waals surface area (Å²) in [5.74, 6) is 0.640. The van der Waals surface area contributed by atoms with Gasteiger partial charge in [0.05, 0.1) is 11.8 Å². The lowest BCUT2D eigenvalue weighted by atomic mass is 9.67. The Kier molecular flexibility index (Phi) is 12.8. The fourth-order valence-corrected chi connectivity index (χ4v) is 7.42. The van der Waals surface area contributed by atoms with Crippen molar-refractivity contribution in [2.24, 2.45) is 0 Å². The van der Waals surface area contributed by atoms with Gasteiger partial charge in [0.15, 0.2) is 0 Å². The number of hydrogen-bond acceptors (Lipinski definition) is 6. The van der Waals surface area contributed by atoms with Gasteiger partial charge in [-0.15, -0.1) is 0 Å². The van der Waals surface area contributed by atoms with Crippen LogP contribution in [0.5, 0.6) is 5.75 Å². The molecule has 0 aromatic heterocycles. The van der Waals surface area contributed by atoms with Crippen molar-refractivity contribution in [3.63, 3.8) is 0 Å². The number of ether oxygens (including phenoxy) is 1. The minimum atomic E-state index is -2.95. The highest BCUT2D eigenvalue weighted by molar-refractivity contribution is 7.90. The number of piperidine rings is 2. The lowest BCUT2D eigenvalue weighted by Crippen LogP contribution is -2.52. The monoisotopic (exact) mass is 701 g/mol. The molecule has 2 fully saturated rings. The van der Waals surface area contributed by atoms with Crippen molar-refractivity contribution in [3.8, 4) is 5.75 Å². The number of likely N-dealkylation sites (tertiary alicyclic amines) is 1. The van der Waals surface area contributed by atoms with Crippen LogP contribution in [-0.4, -0.2) is 62.9 Å². The van der Waals surface area contributed by atoms with Crippen LogP contribution in [0.15, 0.2) is 66.7 Å². The first kappa shape index (κ1) is 36.7. The number of benzene rings is 3. The largest absolute Gasteiger partial charge is 0.490 e. The number of aryl methyl sites for hydroxylation is 1. The van der Waals surface area contributed by atoms with Crippen molar-refractivity contribution in [1.29, 1.82) is 0 Å². The summed E-state index contributed by atoms with van der Waals surface area (Å²) in [6.45, 7) is 8.40. The van der Waals surface area contributed by atoms with E-state index < -0.39 is 21.3 Å². The van der Waals surface area contributed by atoms with E-state index in [9.17, 15) is 18.0 Å².